The highest BCUT2D eigenvalue weighted by atomic mass is 16.4. The van der Waals surface area contributed by atoms with Crippen LogP contribution in [0.25, 0.3) is 0 Å². The molecule has 2 aromatic carbocycles. The molecule has 0 saturated carbocycles. The summed E-state index contributed by atoms with van der Waals surface area (Å²) in [5.41, 5.74) is 34.3. The molecule has 0 aromatic heterocycles. The number of carbonyl (C=O) groups excluding carboxylic acids is 16. The molecule has 0 spiro atoms. The Morgan fingerprint density at radius 1 is 0.336 bits per heavy atom. The highest BCUT2D eigenvalue weighted by molar-refractivity contribution is 6.02. The fourth-order valence-corrected chi connectivity index (χ4v) is 13.9. The largest absolute Gasteiger partial charge is 0.508 e. The molecule has 16 amide bonds. The second kappa shape index (κ2) is 65.1. The molecule has 55 nitrogen and oxygen atoms in total. The van der Waals surface area contributed by atoms with Gasteiger partial charge in [0.25, 0.3) is 0 Å². The lowest BCUT2D eigenvalue weighted by Crippen LogP contribution is -2.62. The first-order valence-electron chi connectivity index (χ1n) is 46.2. The molecular weight excluding hydrogens is 1890 g/mol. The number of phenols is 1. The van der Waals surface area contributed by atoms with E-state index in [2.05, 4.69) is 85.1 Å². The maximum atomic E-state index is 15.1. The third-order valence-electron chi connectivity index (χ3n) is 21.9. The molecule has 0 aliphatic rings. The monoisotopic (exact) mass is 2030 g/mol. The van der Waals surface area contributed by atoms with Crippen LogP contribution in [0, 0.1) is 22.7 Å². The number of hydrogen-bond donors (Lipinski definition) is 33. The van der Waals surface area contributed by atoms with Crippen molar-refractivity contribution in [3.05, 3.63) is 65.7 Å². The van der Waals surface area contributed by atoms with Crippen molar-refractivity contribution in [3.8, 4) is 5.75 Å². The SMILES string of the molecule is CC[C@H](C)[C@H](NC(=O)[C@H](CCC(=O)O)NC(=O)[C@@H](NC(=O)[C@H](CCCCN)NC(=O)[C@H](CC(C)C)NC(=O)[C@H](CC(=O)O)NC(=O)[C@H](CCC(N)=O)NC(=O)[C@@H](N)CCCNC(=N)N)[C@@H](C)O)C(=O)N[C@@H](CCCNC(=N)N)C(=O)N[C@@H](Cc1ccc(O)cc1)C(=O)N[C@@H](CC(=O)O)C(=O)N[C@@H](Cc1ccccc1)C(=O)N[C@@H](CCCCN)C(=O)N[C@@H](C)C(=O)N[C@@H](CC(=O)O)C(=O)N[C@@H](CCC(=O)O)C(=O)O. The Balaban J connectivity index is 2.70. The van der Waals surface area contributed by atoms with Crippen LogP contribution in [0.2, 0.25) is 0 Å². The number of carboxylic acids is 6. The maximum Gasteiger partial charge on any atom is 0.326 e. The van der Waals surface area contributed by atoms with E-state index in [-0.39, 0.29) is 114 Å². The minimum absolute atomic E-state index is 0.000553. The van der Waals surface area contributed by atoms with Crippen LogP contribution in [-0.2, 0) is 118 Å². The highest BCUT2D eigenvalue weighted by Crippen LogP contribution is 2.19. The van der Waals surface area contributed by atoms with E-state index >= 15 is 4.79 Å². The van der Waals surface area contributed by atoms with Gasteiger partial charge in [0.2, 0.25) is 94.5 Å². The van der Waals surface area contributed by atoms with Gasteiger partial charge in [-0.2, -0.15) is 0 Å². The molecule has 55 heteroatoms. The average Bonchev–Trinajstić information content (AvgIpc) is 0.843. The summed E-state index contributed by atoms with van der Waals surface area (Å²) in [5.74, 6) is -31.3. The number of aliphatic hydroxyl groups excluding tert-OH is 1. The summed E-state index contributed by atoms with van der Waals surface area (Å²) >= 11 is 0. The molecule has 0 fully saturated rings. The van der Waals surface area contributed by atoms with E-state index in [1.165, 1.54) is 43.3 Å². The van der Waals surface area contributed by atoms with Crippen molar-refractivity contribution in [3.63, 3.8) is 0 Å². The molecule has 0 aliphatic carbocycles. The molecular formula is C88H139N25O30. The zero-order chi connectivity index (χ0) is 108. The minimum atomic E-state index is -2.17. The molecule has 0 saturated heterocycles. The van der Waals surface area contributed by atoms with Gasteiger partial charge in [0.1, 0.15) is 96.4 Å². The second-order valence-corrected chi connectivity index (χ2v) is 34.4. The van der Waals surface area contributed by atoms with E-state index in [4.69, 9.17) is 50.3 Å². The predicted octanol–water partition coefficient (Wildman–Crippen LogP) is -8.44. The number of rotatable bonds is 71. The van der Waals surface area contributed by atoms with E-state index in [9.17, 15) is 136 Å². The number of carbonyl (C=O) groups is 22. The third-order valence-corrected chi connectivity index (χ3v) is 21.9. The van der Waals surface area contributed by atoms with E-state index in [0.29, 0.717) is 5.56 Å². The number of primary amides is 1. The van der Waals surface area contributed by atoms with Crippen LogP contribution in [0.3, 0.4) is 0 Å². The van der Waals surface area contributed by atoms with Gasteiger partial charge >= 0.3 is 35.8 Å². The van der Waals surface area contributed by atoms with E-state index in [1.807, 2.05) is 5.32 Å². The summed E-state index contributed by atoms with van der Waals surface area (Å²) in [6.45, 7) is 8.47. The first kappa shape index (κ1) is 124. The lowest BCUT2D eigenvalue weighted by molar-refractivity contribution is -0.144. The van der Waals surface area contributed by atoms with Gasteiger partial charge in [-0.05, 0) is 152 Å². The zero-order valence-electron chi connectivity index (χ0n) is 80.3. The Kier molecular flexibility index (Phi) is 56.4. The summed E-state index contributed by atoms with van der Waals surface area (Å²) < 4.78 is 0. The smallest absolute Gasteiger partial charge is 0.326 e. The number of aromatic hydroxyl groups is 1. The highest BCUT2D eigenvalue weighted by Gasteiger charge is 2.42. The molecule has 18 atom stereocenters. The van der Waals surface area contributed by atoms with Crippen molar-refractivity contribution in [2.45, 2.75) is 292 Å². The average molecular weight is 2030 g/mol. The van der Waals surface area contributed by atoms with Crippen LogP contribution in [0.5, 0.6) is 5.75 Å². The molecule has 0 bridgehead atoms. The van der Waals surface area contributed by atoms with Crippen molar-refractivity contribution in [1.29, 1.82) is 10.8 Å². The molecule has 0 aliphatic heterocycles. The third kappa shape index (κ3) is 49.6. The van der Waals surface area contributed by atoms with Crippen molar-refractivity contribution in [2.75, 3.05) is 26.2 Å². The fourth-order valence-electron chi connectivity index (χ4n) is 13.9. The van der Waals surface area contributed by atoms with E-state index in [0.717, 1.165) is 13.8 Å². The Morgan fingerprint density at radius 3 is 1.06 bits per heavy atom. The van der Waals surface area contributed by atoms with Gasteiger partial charge in [-0.15, -0.1) is 0 Å². The quantitative estimate of drug-likeness (QED) is 0.0166. The van der Waals surface area contributed by atoms with Gasteiger partial charge < -0.3 is 166 Å². The number of hydrogen-bond acceptors (Lipinski definition) is 29. The van der Waals surface area contributed by atoms with Gasteiger partial charge in [0.15, 0.2) is 11.9 Å². The van der Waals surface area contributed by atoms with Crippen LogP contribution in [0.4, 0.5) is 0 Å². The van der Waals surface area contributed by atoms with Gasteiger partial charge in [-0.1, -0.05) is 76.6 Å². The number of aliphatic hydroxyl groups is 1. The number of aliphatic carboxylic acids is 6. The Hall–Kier alpha value is -15.0. The summed E-state index contributed by atoms with van der Waals surface area (Å²) in [6.07, 6.45) is -10.7. The number of benzene rings is 2. The summed E-state index contributed by atoms with van der Waals surface area (Å²) in [5, 5.41) is 135. The molecule has 143 heavy (non-hydrogen) atoms. The van der Waals surface area contributed by atoms with E-state index < -0.39 is 328 Å². The van der Waals surface area contributed by atoms with Gasteiger partial charge in [-0.3, -0.25) is 112 Å². The molecule has 0 heterocycles. The molecule has 0 unspecified atom stereocenters. The van der Waals surface area contributed by atoms with Crippen molar-refractivity contribution in [2.24, 2.45) is 46.2 Å². The minimum Gasteiger partial charge on any atom is -0.508 e. The Morgan fingerprint density at radius 2 is 0.657 bits per heavy atom. The van der Waals surface area contributed by atoms with Crippen LogP contribution in [-0.4, -0.2) is 312 Å². The van der Waals surface area contributed by atoms with Crippen molar-refractivity contribution < 1.29 is 146 Å². The van der Waals surface area contributed by atoms with Crippen LogP contribution in [0.1, 0.15) is 188 Å². The maximum absolute atomic E-state index is 15.1. The Bertz CT molecular complexity index is 4690. The number of guanidine groups is 2. The van der Waals surface area contributed by atoms with E-state index in [1.54, 1.807) is 39.0 Å². The molecule has 39 N–H and O–H groups in total. The molecule has 0 radical (unpaired) electrons. The van der Waals surface area contributed by atoms with Crippen molar-refractivity contribution in [1.82, 2.24) is 90.4 Å². The second-order valence-electron chi connectivity index (χ2n) is 34.4. The van der Waals surface area contributed by atoms with Gasteiger partial charge in [-0.25, -0.2) is 4.79 Å². The summed E-state index contributed by atoms with van der Waals surface area (Å²) in [6, 6.07) is -16.0. The number of phenolic OH excluding ortho intramolecular Hbond substituents is 1. The van der Waals surface area contributed by atoms with Crippen molar-refractivity contribution >= 4 is 142 Å². The molecule has 2 rings (SSSR count). The van der Waals surface area contributed by atoms with Gasteiger partial charge in [0, 0.05) is 45.2 Å². The lowest BCUT2D eigenvalue weighted by atomic mass is 9.96. The predicted molar refractivity (Wildman–Crippen MR) is 506 cm³/mol. The Labute approximate surface area is 822 Å². The fraction of sp³-hybridized carbons (Fsp3) is 0.591. The number of unbranched alkanes of at least 4 members (excludes halogenated alkanes) is 2. The molecule has 2 aromatic rings. The number of carboxylic acid groups (broad SMARTS) is 6. The standard InChI is InChI=1S/C88H139N25O30/c1-7-44(4)69(112-77(133)55(28-31-64(117)118)104-85(141)70(46(6)114)113-76(132)52(21-12-14-34-90)102-78(134)57(37-43(2)3)107-82(138)61(41-67(123)124)110-75(131)54(27-30-63(92)116)100-72(128)50(91)19-15-35-97-87(93)94)84(140)103-53(22-16-36-98-88(95)96)74(130)108-59(39-48-23-25-49(115)26-24-48)80(136)111-62(42-68(125)126)83(139)109-58(38-47-17-9-8-10-18-47)79(135)101-51(20-11-13-33-89)73(129)99-45(5)71(127)106-60(40-66(121)122)81(137)105-56(86(142)143)29-32-65(119)120/h8-10,17-18,23-26,43-46,50-62,69-70,114-115H,7,11-16,19-22,27-42,89-91H2,1-6H3,(H2,92,116)(H,99,129)(H,100,128)(H,101,135)(H,102,134)(H,103,140)(H,104,141)(H,105,137)(H,106,127)(H,107,138)(H,108,130)(H,109,139)(H,110,131)(H,111,136)(H,112,133)(H,113,132)(H,117,118)(H,119,120)(H,121,122)(H,123,124)(H,125,126)(H,142,143)(H4,93,94,97)(H4,95,96,98)/t44-,45-,46+,50-,51-,52-,53-,54-,55-,56-,57-,58-,59-,60-,61-,62-,69-,70-/m0/s1. The topological polar surface area (TPSA) is 946 Å². The normalized spacial score (nSPS) is 14.8. The number of nitrogens with two attached hydrogens (primary N) is 6. The van der Waals surface area contributed by atoms with Crippen LogP contribution in [0.15, 0.2) is 54.6 Å². The summed E-state index contributed by atoms with van der Waals surface area (Å²) in [7, 11) is 0. The van der Waals surface area contributed by atoms with Crippen LogP contribution >= 0.6 is 0 Å². The first-order valence-corrected chi connectivity index (χ1v) is 46.2. The molecule has 796 valence electrons. The number of nitrogens with one attached hydrogen (secondary N) is 19. The lowest BCUT2D eigenvalue weighted by Gasteiger charge is -2.30. The number of amides is 16. The van der Waals surface area contributed by atoms with Gasteiger partial charge in [0.05, 0.1) is 31.4 Å². The zero-order valence-corrected chi connectivity index (χ0v) is 80.3. The first-order chi connectivity index (χ1) is 67.2. The van der Waals surface area contributed by atoms with Crippen LogP contribution < -0.4 is 125 Å². The summed E-state index contributed by atoms with van der Waals surface area (Å²) in [4.78, 5) is 299.